The number of nitrogens with one attached hydrogen (secondary N) is 1. The van der Waals surface area contributed by atoms with E-state index in [1.807, 2.05) is 16.8 Å². The number of fused-ring (bicyclic) bond motifs is 1. The standard InChI is InChI=1S/C13H20N6/c1-10(2)9-18(7-4-12(14)15)13-11-3-5-17-19(11)8-6-16-13/h3,5-6,8,10H,4,7,9H2,1-2H3,(H3,14,15). The van der Waals surface area contributed by atoms with Gasteiger partial charge in [0.1, 0.15) is 5.52 Å². The number of nitrogens with two attached hydrogens (primary N) is 1. The molecule has 2 rings (SSSR count). The van der Waals surface area contributed by atoms with Crippen molar-refractivity contribution < 1.29 is 0 Å². The number of hydrogen-bond donors (Lipinski definition) is 2. The molecule has 2 aromatic rings. The molecule has 0 atom stereocenters. The number of rotatable bonds is 6. The molecule has 0 radical (unpaired) electrons. The van der Waals surface area contributed by atoms with Crippen molar-refractivity contribution in [3.63, 3.8) is 0 Å². The maximum absolute atomic E-state index is 7.38. The summed E-state index contributed by atoms with van der Waals surface area (Å²) in [4.78, 5) is 6.63. The monoisotopic (exact) mass is 260 g/mol. The molecular weight excluding hydrogens is 240 g/mol. The van der Waals surface area contributed by atoms with Crippen molar-refractivity contribution >= 4 is 17.2 Å². The van der Waals surface area contributed by atoms with E-state index in [0.29, 0.717) is 18.9 Å². The summed E-state index contributed by atoms with van der Waals surface area (Å²) in [6, 6.07) is 1.95. The van der Waals surface area contributed by atoms with Gasteiger partial charge in [0, 0.05) is 31.9 Å². The smallest absolute Gasteiger partial charge is 0.154 e. The van der Waals surface area contributed by atoms with Gasteiger partial charge in [-0.1, -0.05) is 13.8 Å². The van der Waals surface area contributed by atoms with Crippen LogP contribution in [-0.2, 0) is 0 Å². The third-order valence-electron chi connectivity index (χ3n) is 2.84. The zero-order chi connectivity index (χ0) is 13.8. The van der Waals surface area contributed by atoms with Crippen LogP contribution in [0.25, 0.3) is 5.52 Å². The third-order valence-corrected chi connectivity index (χ3v) is 2.84. The maximum Gasteiger partial charge on any atom is 0.154 e. The molecule has 2 aromatic heterocycles. The van der Waals surface area contributed by atoms with E-state index >= 15 is 0 Å². The molecule has 0 aliphatic carbocycles. The Bertz CT molecular complexity index is 559. The highest BCUT2D eigenvalue weighted by molar-refractivity contribution is 5.78. The van der Waals surface area contributed by atoms with Gasteiger partial charge in [-0.05, 0) is 12.0 Å². The number of anilines is 1. The second kappa shape index (κ2) is 5.69. The summed E-state index contributed by atoms with van der Waals surface area (Å²) < 4.78 is 1.81. The summed E-state index contributed by atoms with van der Waals surface area (Å²) in [5.41, 5.74) is 6.44. The SMILES string of the molecule is CC(C)CN(CCC(=N)N)c1nccn2nccc12. The normalized spacial score (nSPS) is 11.1. The average Bonchev–Trinajstić information content (AvgIpc) is 2.81. The summed E-state index contributed by atoms with van der Waals surface area (Å²) in [6.07, 6.45) is 5.89. The lowest BCUT2D eigenvalue weighted by Gasteiger charge is -2.25. The van der Waals surface area contributed by atoms with Gasteiger partial charge in [0.2, 0.25) is 0 Å². The molecule has 0 saturated carbocycles. The van der Waals surface area contributed by atoms with E-state index < -0.39 is 0 Å². The molecule has 19 heavy (non-hydrogen) atoms. The zero-order valence-electron chi connectivity index (χ0n) is 11.4. The summed E-state index contributed by atoms with van der Waals surface area (Å²) in [5.74, 6) is 1.61. The minimum absolute atomic E-state index is 0.203. The second-order valence-electron chi connectivity index (χ2n) is 5.03. The second-order valence-corrected chi connectivity index (χ2v) is 5.03. The van der Waals surface area contributed by atoms with Crippen LogP contribution in [0.15, 0.2) is 24.7 Å². The lowest BCUT2D eigenvalue weighted by atomic mass is 10.2. The first-order chi connectivity index (χ1) is 9.08. The van der Waals surface area contributed by atoms with E-state index in [9.17, 15) is 0 Å². The first kappa shape index (κ1) is 13.3. The summed E-state index contributed by atoms with van der Waals surface area (Å²) in [5, 5.41) is 11.6. The van der Waals surface area contributed by atoms with E-state index in [1.54, 1.807) is 12.4 Å². The fraction of sp³-hybridized carbons (Fsp3) is 0.462. The van der Waals surface area contributed by atoms with Crippen LogP contribution in [0, 0.1) is 11.3 Å². The number of hydrogen-bond acceptors (Lipinski definition) is 4. The summed E-state index contributed by atoms with van der Waals surface area (Å²) in [6.45, 7) is 5.91. The zero-order valence-corrected chi connectivity index (χ0v) is 11.4. The van der Waals surface area contributed by atoms with Gasteiger partial charge < -0.3 is 10.6 Å². The molecule has 2 heterocycles. The van der Waals surface area contributed by atoms with Gasteiger partial charge in [-0.15, -0.1) is 0 Å². The van der Waals surface area contributed by atoms with Gasteiger partial charge in [0.15, 0.2) is 5.82 Å². The molecule has 0 spiro atoms. The van der Waals surface area contributed by atoms with Gasteiger partial charge >= 0.3 is 0 Å². The van der Waals surface area contributed by atoms with Crippen molar-refractivity contribution in [3.8, 4) is 0 Å². The third kappa shape index (κ3) is 3.21. The van der Waals surface area contributed by atoms with Gasteiger partial charge in [-0.2, -0.15) is 5.10 Å². The lowest BCUT2D eigenvalue weighted by Crippen LogP contribution is -2.32. The Hall–Kier alpha value is -2.11. The van der Waals surface area contributed by atoms with Crippen molar-refractivity contribution in [2.45, 2.75) is 20.3 Å². The molecule has 0 saturated heterocycles. The van der Waals surface area contributed by atoms with Crippen molar-refractivity contribution in [1.82, 2.24) is 14.6 Å². The van der Waals surface area contributed by atoms with Crippen LogP contribution in [0.5, 0.6) is 0 Å². The van der Waals surface area contributed by atoms with E-state index in [1.165, 1.54) is 0 Å². The van der Waals surface area contributed by atoms with Crippen LogP contribution >= 0.6 is 0 Å². The van der Waals surface area contributed by atoms with Gasteiger partial charge in [0.25, 0.3) is 0 Å². The molecule has 0 aromatic carbocycles. The molecule has 0 aliphatic heterocycles. The Balaban J connectivity index is 2.30. The predicted octanol–water partition coefficient (Wildman–Crippen LogP) is 1.52. The van der Waals surface area contributed by atoms with Crippen molar-refractivity contribution in [3.05, 3.63) is 24.7 Å². The Morgan fingerprint density at radius 3 is 2.95 bits per heavy atom. The van der Waals surface area contributed by atoms with E-state index in [2.05, 4.69) is 28.8 Å². The first-order valence-corrected chi connectivity index (χ1v) is 6.44. The molecule has 3 N–H and O–H groups in total. The minimum Gasteiger partial charge on any atom is -0.388 e. The average molecular weight is 260 g/mol. The van der Waals surface area contributed by atoms with Crippen LogP contribution in [0.1, 0.15) is 20.3 Å². The highest BCUT2D eigenvalue weighted by Crippen LogP contribution is 2.19. The van der Waals surface area contributed by atoms with Crippen LogP contribution in [0.2, 0.25) is 0 Å². The Kier molecular flexibility index (Phi) is 3.99. The van der Waals surface area contributed by atoms with E-state index in [0.717, 1.165) is 17.9 Å². The highest BCUT2D eigenvalue weighted by Gasteiger charge is 2.14. The first-order valence-electron chi connectivity index (χ1n) is 6.44. The number of nitrogens with zero attached hydrogens (tertiary/aromatic N) is 4. The molecule has 0 amide bonds. The Labute approximate surface area is 112 Å². The van der Waals surface area contributed by atoms with E-state index in [-0.39, 0.29) is 5.84 Å². The molecule has 0 aliphatic rings. The highest BCUT2D eigenvalue weighted by atomic mass is 15.3. The number of aromatic nitrogens is 3. The predicted molar refractivity (Wildman–Crippen MR) is 76.6 cm³/mol. The van der Waals surface area contributed by atoms with Crippen molar-refractivity contribution in [1.29, 1.82) is 5.41 Å². The largest absolute Gasteiger partial charge is 0.388 e. The Morgan fingerprint density at radius 1 is 1.47 bits per heavy atom. The fourth-order valence-electron chi connectivity index (χ4n) is 2.07. The maximum atomic E-state index is 7.38. The van der Waals surface area contributed by atoms with Crippen molar-refractivity contribution in [2.75, 3.05) is 18.0 Å². The van der Waals surface area contributed by atoms with Gasteiger partial charge in [-0.3, -0.25) is 5.41 Å². The molecule has 0 bridgehead atoms. The molecule has 6 heteroatoms. The lowest BCUT2D eigenvalue weighted by molar-refractivity contribution is 0.609. The molecule has 6 nitrogen and oxygen atoms in total. The molecular formula is C13H20N6. The Morgan fingerprint density at radius 2 is 2.26 bits per heavy atom. The van der Waals surface area contributed by atoms with Crippen LogP contribution in [0.4, 0.5) is 5.82 Å². The van der Waals surface area contributed by atoms with Crippen LogP contribution in [0.3, 0.4) is 0 Å². The fourth-order valence-corrected chi connectivity index (χ4v) is 2.07. The molecule has 0 unspecified atom stereocenters. The topological polar surface area (TPSA) is 83.3 Å². The molecule has 102 valence electrons. The number of amidine groups is 1. The van der Waals surface area contributed by atoms with Gasteiger partial charge in [0.05, 0.1) is 12.0 Å². The van der Waals surface area contributed by atoms with Crippen LogP contribution in [-0.4, -0.2) is 33.5 Å². The molecule has 0 fully saturated rings. The van der Waals surface area contributed by atoms with Crippen LogP contribution < -0.4 is 10.6 Å². The van der Waals surface area contributed by atoms with Crippen molar-refractivity contribution in [2.24, 2.45) is 11.7 Å². The summed E-state index contributed by atoms with van der Waals surface area (Å²) >= 11 is 0. The van der Waals surface area contributed by atoms with Gasteiger partial charge in [-0.25, -0.2) is 9.50 Å². The summed E-state index contributed by atoms with van der Waals surface area (Å²) in [7, 11) is 0. The van der Waals surface area contributed by atoms with E-state index in [4.69, 9.17) is 11.1 Å². The quantitative estimate of drug-likeness (QED) is 0.609. The minimum atomic E-state index is 0.203.